The number of benzene rings is 1. The van der Waals surface area contributed by atoms with Crippen LogP contribution in [0, 0.1) is 6.92 Å². The lowest BCUT2D eigenvalue weighted by Crippen LogP contribution is -2.01. The molecule has 0 N–H and O–H groups in total. The van der Waals surface area contributed by atoms with Gasteiger partial charge in [0.05, 0.1) is 11.3 Å². The van der Waals surface area contributed by atoms with E-state index in [9.17, 15) is 4.79 Å². The lowest BCUT2D eigenvalue weighted by molar-refractivity contribution is 0.111. The van der Waals surface area contributed by atoms with Crippen molar-refractivity contribution in [3.8, 4) is 5.75 Å². The lowest BCUT2D eigenvalue weighted by atomic mass is 10.1. The zero-order valence-electron chi connectivity index (χ0n) is 9.89. The molecule has 92 valence electrons. The van der Waals surface area contributed by atoms with E-state index < -0.39 is 0 Å². The third-order valence-corrected chi connectivity index (χ3v) is 2.94. The number of nitrogens with zero attached hydrogens (tertiary/aromatic N) is 1. The Morgan fingerprint density at radius 1 is 1.39 bits per heavy atom. The third kappa shape index (κ3) is 2.96. The van der Waals surface area contributed by atoms with Gasteiger partial charge >= 0.3 is 0 Å². The quantitative estimate of drug-likeness (QED) is 0.811. The monoisotopic (exact) mass is 305 g/mol. The summed E-state index contributed by atoms with van der Waals surface area (Å²) < 4.78 is 6.55. The molecule has 0 aliphatic rings. The van der Waals surface area contributed by atoms with Gasteiger partial charge in [-0.25, -0.2) is 0 Å². The summed E-state index contributed by atoms with van der Waals surface area (Å²) in [4.78, 5) is 15.2. The van der Waals surface area contributed by atoms with E-state index >= 15 is 0 Å². The normalized spacial score (nSPS) is 10.1. The van der Waals surface area contributed by atoms with E-state index in [1.54, 1.807) is 12.3 Å². The Morgan fingerprint density at radius 2 is 2.22 bits per heavy atom. The summed E-state index contributed by atoms with van der Waals surface area (Å²) in [5.41, 5.74) is 2.29. The second-order valence-corrected chi connectivity index (χ2v) is 4.78. The Hall–Kier alpha value is -1.68. The summed E-state index contributed by atoms with van der Waals surface area (Å²) in [6.07, 6.45) is 2.51. The molecule has 1 aromatic carbocycles. The van der Waals surface area contributed by atoms with Crippen molar-refractivity contribution in [1.29, 1.82) is 0 Å². The van der Waals surface area contributed by atoms with E-state index in [2.05, 4.69) is 20.9 Å². The molecule has 0 aliphatic carbocycles. The summed E-state index contributed by atoms with van der Waals surface area (Å²) in [7, 11) is 0. The highest BCUT2D eigenvalue weighted by Crippen LogP contribution is 2.27. The van der Waals surface area contributed by atoms with E-state index in [0.717, 1.165) is 22.0 Å². The number of carbonyl (C=O) groups is 1. The standard InChI is InChI=1S/C14H12BrNO2/c1-10-6-12(15)7-11(8-17)14(10)18-9-13-4-2-3-5-16-13/h2-8H,9H2,1H3. The summed E-state index contributed by atoms with van der Waals surface area (Å²) in [5, 5.41) is 0. The maximum Gasteiger partial charge on any atom is 0.153 e. The average molecular weight is 306 g/mol. The maximum absolute atomic E-state index is 11.0. The number of rotatable bonds is 4. The topological polar surface area (TPSA) is 39.2 Å². The van der Waals surface area contributed by atoms with Crippen molar-refractivity contribution < 1.29 is 9.53 Å². The second-order valence-electron chi connectivity index (χ2n) is 3.87. The van der Waals surface area contributed by atoms with Gasteiger partial charge in [0.1, 0.15) is 12.4 Å². The zero-order chi connectivity index (χ0) is 13.0. The predicted molar refractivity (Wildman–Crippen MR) is 72.8 cm³/mol. The van der Waals surface area contributed by atoms with Gasteiger partial charge in [-0.05, 0) is 36.8 Å². The first-order valence-electron chi connectivity index (χ1n) is 5.48. The van der Waals surface area contributed by atoms with Gasteiger partial charge in [-0.3, -0.25) is 9.78 Å². The van der Waals surface area contributed by atoms with E-state index in [-0.39, 0.29) is 0 Å². The second kappa shape index (κ2) is 5.78. The highest BCUT2D eigenvalue weighted by molar-refractivity contribution is 9.10. The predicted octanol–water partition coefficient (Wildman–Crippen LogP) is 3.54. The molecule has 18 heavy (non-hydrogen) atoms. The largest absolute Gasteiger partial charge is 0.486 e. The van der Waals surface area contributed by atoms with E-state index in [4.69, 9.17) is 4.74 Å². The minimum absolute atomic E-state index is 0.351. The van der Waals surface area contributed by atoms with Crippen LogP contribution in [0.1, 0.15) is 21.6 Å². The van der Waals surface area contributed by atoms with E-state index in [1.807, 2.05) is 31.2 Å². The van der Waals surface area contributed by atoms with Gasteiger partial charge < -0.3 is 4.74 Å². The number of aryl methyl sites for hydroxylation is 1. The SMILES string of the molecule is Cc1cc(Br)cc(C=O)c1OCc1ccccn1. The fourth-order valence-electron chi connectivity index (χ4n) is 1.67. The van der Waals surface area contributed by atoms with Crippen LogP contribution >= 0.6 is 15.9 Å². The Morgan fingerprint density at radius 3 is 2.89 bits per heavy atom. The highest BCUT2D eigenvalue weighted by atomic mass is 79.9. The number of halogens is 1. The van der Waals surface area contributed by atoms with Crippen molar-refractivity contribution in [3.05, 3.63) is 57.8 Å². The van der Waals surface area contributed by atoms with Gasteiger partial charge in [0, 0.05) is 10.7 Å². The molecule has 0 saturated carbocycles. The zero-order valence-corrected chi connectivity index (χ0v) is 11.5. The molecule has 0 unspecified atom stereocenters. The van der Waals surface area contributed by atoms with Crippen molar-refractivity contribution in [2.75, 3.05) is 0 Å². The van der Waals surface area contributed by atoms with Crippen LogP contribution in [-0.4, -0.2) is 11.3 Å². The Labute approximate surface area is 114 Å². The molecular weight excluding hydrogens is 294 g/mol. The molecule has 4 heteroatoms. The van der Waals surface area contributed by atoms with Crippen molar-refractivity contribution in [3.63, 3.8) is 0 Å². The Bertz CT molecular complexity index is 555. The van der Waals surface area contributed by atoms with Gasteiger partial charge in [0.25, 0.3) is 0 Å². The van der Waals surface area contributed by atoms with Crippen molar-refractivity contribution in [2.45, 2.75) is 13.5 Å². The van der Waals surface area contributed by atoms with Gasteiger partial charge in [0.2, 0.25) is 0 Å². The highest BCUT2D eigenvalue weighted by Gasteiger charge is 2.08. The molecule has 0 atom stereocenters. The molecule has 0 amide bonds. The summed E-state index contributed by atoms with van der Waals surface area (Å²) in [6.45, 7) is 2.26. The molecule has 0 bridgehead atoms. The number of ether oxygens (including phenoxy) is 1. The van der Waals surface area contributed by atoms with Crippen LogP contribution in [0.3, 0.4) is 0 Å². The van der Waals surface area contributed by atoms with Crippen LogP contribution < -0.4 is 4.74 Å². The van der Waals surface area contributed by atoms with E-state index in [0.29, 0.717) is 17.9 Å². The van der Waals surface area contributed by atoms with Crippen molar-refractivity contribution >= 4 is 22.2 Å². The minimum atomic E-state index is 0.351. The maximum atomic E-state index is 11.0. The lowest BCUT2D eigenvalue weighted by Gasteiger charge is -2.11. The first-order valence-corrected chi connectivity index (χ1v) is 6.28. The molecule has 0 saturated heterocycles. The molecule has 0 aliphatic heterocycles. The van der Waals surface area contributed by atoms with Gasteiger partial charge in [-0.15, -0.1) is 0 Å². The summed E-state index contributed by atoms with van der Waals surface area (Å²) in [6, 6.07) is 9.30. The van der Waals surface area contributed by atoms with Crippen LogP contribution in [0.15, 0.2) is 41.0 Å². The third-order valence-electron chi connectivity index (χ3n) is 2.49. The number of pyridine rings is 1. The summed E-state index contributed by atoms with van der Waals surface area (Å²) in [5.74, 6) is 0.610. The molecule has 0 spiro atoms. The number of carbonyl (C=O) groups excluding carboxylic acids is 1. The van der Waals surface area contributed by atoms with Crippen LogP contribution in [0.2, 0.25) is 0 Å². The Kier molecular flexibility index (Phi) is 4.10. The van der Waals surface area contributed by atoms with Gasteiger partial charge in [-0.2, -0.15) is 0 Å². The first kappa shape index (κ1) is 12.8. The molecule has 0 fully saturated rings. The number of aldehydes is 1. The van der Waals surface area contributed by atoms with Gasteiger partial charge in [-0.1, -0.05) is 22.0 Å². The number of hydrogen-bond acceptors (Lipinski definition) is 3. The van der Waals surface area contributed by atoms with Crippen LogP contribution in [0.25, 0.3) is 0 Å². The minimum Gasteiger partial charge on any atom is -0.486 e. The summed E-state index contributed by atoms with van der Waals surface area (Å²) >= 11 is 3.36. The smallest absolute Gasteiger partial charge is 0.153 e. The molecule has 1 aromatic heterocycles. The van der Waals surface area contributed by atoms with Crippen LogP contribution in [-0.2, 0) is 6.61 Å². The van der Waals surface area contributed by atoms with Crippen LogP contribution in [0.4, 0.5) is 0 Å². The molecular formula is C14H12BrNO2. The van der Waals surface area contributed by atoms with Gasteiger partial charge in [0.15, 0.2) is 6.29 Å². The van der Waals surface area contributed by atoms with Crippen molar-refractivity contribution in [2.24, 2.45) is 0 Å². The Balaban J connectivity index is 2.21. The molecule has 1 heterocycles. The number of hydrogen-bond donors (Lipinski definition) is 0. The average Bonchev–Trinajstić information content (AvgIpc) is 2.38. The molecule has 3 nitrogen and oxygen atoms in total. The fourth-order valence-corrected chi connectivity index (χ4v) is 2.26. The van der Waals surface area contributed by atoms with Crippen LogP contribution in [0.5, 0.6) is 5.75 Å². The molecule has 2 aromatic rings. The molecule has 2 rings (SSSR count). The van der Waals surface area contributed by atoms with Crippen molar-refractivity contribution in [1.82, 2.24) is 4.98 Å². The van der Waals surface area contributed by atoms with E-state index in [1.165, 1.54) is 0 Å². The molecule has 0 radical (unpaired) electrons. The fraction of sp³-hybridized carbons (Fsp3) is 0.143. The first-order chi connectivity index (χ1) is 8.70. The number of aromatic nitrogens is 1.